The SMILES string of the molecule is COCc1nnc(NC(=O)CN2CCCC(O)(CN(C)C)C2)s1. The first-order chi connectivity index (χ1) is 10.9. The Morgan fingerprint density at radius 3 is 3.00 bits per heavy atom. The van der Waals surface area contributed by atoms with Gasteiger partial charge in [-0.3, -0.25) is 15.0 Å². The Balaban J connectivity index is 1.84. The number of piperidine rings is 1. The molecule has 2 heterocycles. The number of hydrogen-bond donors (Lipinski definition) is 2. The van der Waals surface area contributed by atoms with Crippen LogP contribution in [0.4, 0.5) is 5.13 Å². The van der Waals surface area contributed by atoms with Crippen molar-refractivity contribution in [3.63, 3.8) is 0 Å². The van der Waals surface area contributed by atoms with Gasteiger partial charge in [-0.15, -0.1) is 10.2 Å². The van der Waals surface area contributed by atoms with Crippen molar-refractivity contribution in [2.75, 3.05) is 52.7 Å². The van der Waals surface area contributed by atoms with Crippen molar-refractivity contribution in [2.45, 2.75) is 25.0 Å². The van der Waals surface area contributed by atoms with Gasteiger partial charge < -0.3 is 14.7 Å². The summed E-state index contributed by atoms with van der Waals surface area (Å²) >= 11 is 1.30. The van der Waals surface area contributed by atoms with Crippen LogP contribution in [0.1, 0.15) is 17.8 Å². The number of aliphatic hydroxyl groups is 1. The monoisotopic (exact) mass is 343 g/mol. The zero-order chi connectivity index (χ0) is 16.9. The molecule has 1 fully saturated rings. The van der Waals surface area contributed by atoms with E-state index in [0.29, 0.717) is 24.8 Å². The predicted octanol–water partition coefficient (Wildman–Crippen LogP) is 0.0115. The largest absolute Gasteiger partial charge is 0.387 e. The van der Waals surface area contributed by atoms with Gasteiger partial charge in [0.15, 0.2) is 0 Å². The Labute approximate surface area is 140 Å². The number of methoxy groups -OCH3 is 1. The molecule has 0 saturated carbocycles. The molecule has 23 heavy (non-hydrogen) atoms. The minimum atomic E-state index is -0.754. The maximum atomic E-state index is 12.1. The van der Waals surface area contributed by atoms with E-state index in [2.05, 4.69) is 15.5 Å². The zero-order valence-corrected chi connectivity index (χ0v) is 14.7. The van der Waals surface area contributed by atoms with Crippen molar-refractivity contribution in [2.24, 2.45) is 0 Å². The summed E-state index contributed by atoms with van der Waals surface area (Å²) in [7, 11) is 5.47. The Morgan fingerprint density at radius 2 is 2.30 bits per heavy atom. The molecular formula is C14H25N5O3S. The van der Waals surface area contributed by atoms with E-state index in [4.69, 9.17) is 4.74 Å². The summed E-state index contributed by atoms with van der Waals surface area (Å²) < 4.78 is 4.98. The summed E-state index contributed by atoms with van der Waals surface area (Å²) in [5, 5.41) is 22.4. The molecule has 1 atom stereocenters. The summed E-state index contributed by atoms with van der Waals surface area (Å²) in [4.78, 5) is 16.1. The van der Waals surface area contributed by atoms with Crippen LogP contribution in [0.25, 0.3) is 0 Å². The second-order valence-corrected chi connectivity index (χ2v) is 7.32. The van der Waals surface area contributed by atoms with Crippen molar-refractivity contribution >= 4 is 22.4 Å². The first-order valence-electron chi connectivity index (χ1n) is 7.61. The molecule has 0 spiro atoms. The summed E-state index contributed by atoms with van der Waals surface area (Å²) in [5.74, 6) is -0.140. The summed E-state index contributed by atoms with van der Waals surface area (Å²) in [6.45, 7) is 2.55. The Kier molecular flexibility index (Phi) is 6.42. The van der Waals surface area contributed by atoms with E-state index in [1.54, 1.807) is 7.11 Å². The van der Waals surface area contributed by atoms with Crippen LogP contribution in [0, 0.1) is 0 Å². The summed E-state index contributed by atoms with van der Waals surface area (Å²) in [5.41, 5.74) is -0.754. The highest BCUT2D eigenvalue weighted by Crippen LogP contribution is 2.22. The molecule has 1 aromatic rings. The van der Waals surface area contributed by atoms with Gasteiger partial charge in [-0.25, -0.2) is 0 Å². The molecule has 130 valence electrons. The molecule has 9 heteroatoms. The van der Waals surface area contributed by atoms with Crippen LogP contribution in [0.5, 0.6) is 0 Å². The number of carbonyl (C=O) groups is 1. The molecule has 1 aliphatic rings. The smallest absolute Gasteiger partial charge is 0.240 e. The fraction of sp³-hybridized carbons (Fsp3) is 0.786. The number of hydrogen-bond acceptors (Lipinski definition) is 8. The van der Waals surface area contributed by atoms with Gasteiger partial charge >= 0.3 is 0 Å². The van der Waals surface area contributed by atoms with Gasteiger partial charge in [0, 0.05) is 20.2 Å². The second kappa shape index (κ2) is 8.11. The Hall–Kier alpha value is -1.13. The van der Waals surface area contributed by atoms with E-state index in [1.807, 2.05) is 23.9 Å². The van der Waals surface area contributed by atoms with Crippen LogP contribution >= 0.6 is 11.3 Å². The number of carbonyl (C=O) groups excluding carboxylic acids is 1. The van der Waals surface area contributed by atoms with Gasteiger partial charge in [0.25, 0.3) is 0 Å². The molecule has 1 saturated heterocycles. The van der Waals surface area contributed by atoms with E-state index in [-0.39, 0.29) is 12.5 Å². The Bertz CT molecular complexity index is 524. The zero-order valence-electron chi connectivity index (χ0n) is 13.9. The number of rotatable bonds is 7. The third-order valence-corrected chi connectivity index (χ3v) is 4.41. The molecule has 1 aromatic heterocycles. The molecular weight excluding hydrogens is 318 g/mol. The van der Waals surface area contributed by atoms with Gasteiger partial charge in [-0.1, -0.05) is 11.3 Å². The number of likely N-dealkylation sites (tertiary alicyclic amines) is 1. The second-order valence-electron chi connectivity index (χ2n) is 6.26. The standard InChI is InChI=1S/C14H25N5O3S/c1-18(2)9-14(21)5-4-6-19(10-14)7-11(20)15-13-17-16-12(23-13)8-22-3/h21H,4-10H2,1-3H3,(H,15,17,20). The first kappa shape index (κ1) is 18.2. The number of β-amino-alcohol motifs (C(OH)–C–C–N with tert-alkyl or cyclic N) is 1. The topological polar surface area (TPSA) is 90.8 Å². The number of anilines is 1. The lowest BCUT2D eigenvalue weighted by Gasteiger charge is -2.40. The quantitative estimate of drug-likeness (QED) is 0.721. The van der Waals surface area contributed by atoms with Crippen LogP contribution in [-0.2, 0) is 16.1 Å². The van der Waals surface area contributed by atoms with E-state index in [9.17, 15) is 9.90 Å². The lowest BCUT2D eigenvalue weighted by Crippen LogP contribution is -2.54. The third kappa shape index (κ3) is 5.78. The predicted molar refractivity (Wildman–Crippen MR) is 88.4 cm³/mol. The maximum Gasteiger partial charge on any atom is 0.240 e. The molecule has 8 nitrogen and oxygen atoms in total. The molecule has 0 aliphatic carbocycles. The molecule has 1 unspecified atom stereocenters. The van der Waals surface area contributed by atoms with Crippen LogP contribution in [-0.4, -0.2) is 84.0 Å². The van der Waals surface area contributed by atoms with E-state index in [0.717, 1.165) is 24.4 Å². The van der Waals surface area contributed by atoms with Gasteiger partial charge in [-0.2, -0.15) is 0 Å². The highest BCUT2D eigenvalue weighted by molar-refractivity contribution is 7.15. The Morgan fingerprint density at radius 1 is 1.52 bits per heavy atom. The van der Waals surface area contributed by atoms with Crippen LogP contribution in [0.15, 0.2) is 0 Å². The average molecular weight is 343 g/mol. The van der Waals surface area contributed by atoms with E-state index < -0.39 is 5.60 Å². The third-order valence-electron chi connectivity index (χ3n) is 3.59. The molecule has 0 aromatic carbocycles. The molecule has 2 N–H and O–H groups in total. The molecule has 1 aliphatic heterocycles. The van der Waals surface area contributed by atoms with Crippen LogP contribution in [0.3, 0.4) is 0 Å². The summed E-state index contributed by atoms with van der Waals surface area (Å²) in [6.07, 6.45) is 1.65. The molecule has 1 amide bonds. The van der Waals surface area contributed by atoms with Gasteiger partial charge in [0.1, 0.15) is 11.6 Å². The molecule has 0 radical (unpaired) electrons. The van der Waals surface area contributed by atoms with Gasteiger partial charge in [0.05, 0.1) is 12.1 Å². The van der Waals surface area contributed by atoms with E-state index in [1.165, 1.54) is 11.3 Å². The van der Waals surface area contributed by atoms with Crippen LogP contribution < -0.4 is 5.32 Å². The lowest BCUT2D eigenvalue weighted by molar-refractivity contribution is -0.119. The molecule has 2 rings (SSSR count). The van der Waals surface area contributed by atoms with Crippen LogP contribution in [0.2, 0.25) is 0 Å². The number of nitrogens with one attached hydrogen (secondary N) is 1. The minimum Gasteiger partial charge on any atom is -0.387 e. The van der Waals surface area contributed by atoms with Gasteiger partial charge in [0.2, 0.25) is 11.0 Å². The first-order valence-corrected chi connectivity index (χ1v) is 8.42. The van der Waals surface area contributed by atoms with Crippen molar-refractivity contribution in [1.82, 2.24) is 20.0 Å². The number of likely N-dealkylation sites (N-methyl/N-ethyl adjacent to an activating group) is 1. The normalized spacial score (nSPS) is 22.5. The maximum absolute atomic E-state index is 12.1. The fourth-order valence-electron chi connectivity index (χ4n) is 2.91. The highest BCUT2D eigenvalue weighted by atomic mass is 32.1. The number of amides is 1. The lowest BCUT2D eigenvalue weighted by atomic mass is 9.92. The van der Waals surface area contributed by atoms with E-state index >= 15 is 0 Å². The average Bonchev–Trinajstić information content (AvgIpc) is 2.84. The summed E-state index contributed by atoms with van der Waals surface area (Å²) in [6, 6.07) is 0. The van der Waals surface area contributed by atoms with Crippen molar-refractivity contribution in [3.8, 4) is 0 Å². The minimum absolute atomic E-state index is 0.140. The molecule has 0 bridgehead atoms. The number of nitrogens with zero attached hydrogens (tertiary/aromatic N) is 4. The highest BCUT2D eigenvalue weighted by Gasteiger charge is 2.34. The van der Waals surface area contributed by atoms with Crippen molar-refractivity contribution in [3.05, 3.63) is 5.01 Å². The fourth-order valence-corrected chi connectivity index (χ4v) is 3.63. The van der Waals surface area contributed by atoms with Crippen molar-refractivity contribution < 1.29 is 14.6 Å². The van der Waals surface area contributed by atoms with Crippen molar-refractivity contribution in [1.29, 1.82) is 0 Å². The number of aromatic nitrogens is 2. The van der Waals surface area contributed by atoms with Gasteiger partial charge in [-0.05, 0) is 33.5 Å². The number of ether oxygens (including phenoxy) is 1.